The molecule has 1 heterocycles. The Hall–Kier alpha value is -2.11. The normalized spacial score (nSPS) is 18.4. The number of hydrogen-bond donors (Lipinski definition) is 0. The maximum absolute atomic E-state index is 11.5. The molecule has 1 aliphatic rings. The van der Waals surface area contributed by atoms with Gasteiger partial charge in [-0.05, 0) is 25.5 Å². The molecule has 6 heteroatoms. The standard InChI is InChI=1S/C13H16N2O4/c1-9-7-11(3-4-12(9)15(17)18)14-6-5-10(8-14)13(16)19-2/h3-4,7,10H,5-6,8H2,1-2H3. The number of nitro groups is 1. The molecule has 1 unspecified atom stereocenters. The molecule has 0 N–H and O–H groups in total. The minimum Gasteiger partial charge on any atom is -0.469 e. The Morgan fingerprint density at radius 2 is 2.26 bits per heavy atom. The number of hydrogen-bond acceptors (Lipinski definition) is 5. The topological polar surface area (TPSA) is 72.7 Å². The van der Waals surface area contributed by atoms with Gasteiger partial charge in [0.25, 0.3) is 5.69 Å². The number of rotatable bonds is 3. The maximum atomic E-state index is 11.5. The van der Waals surface area contributed by atoms with Crippen molar-refractivity contribution in [1.29, 1.82) is 0 Å². The summed E-state index contributed by atoms with van der Waals surface area (Å²) in [4.78, 5) is 23.9. The Bertz CT molecular complexity index is 515. The van der Waals surface area contributed by atoms with E-state index in [1.54, 1.807) is 19.1 Å². The van der Waals surface area contributed by atoms with Crippen LogP contribution < -0.4 is 4.90 Å². The zero-order valence-electron chi connectivity index (χ0n) is 11.0. The molecule has 0 aromatic heterocycles. The summed E-state index contributed by atoms with van der Waals surface area (Å²) in [6.07, 6.45) is 0.753. The van der Waals surface area contributed by atoms with Gasteiger partial charge in [0.15, 0.2) is 0 Å². The lowest BCUT2D eigenvalue weighted by Crippen LogP contribution is -2.23. The third-order valence-electron chi connectivity index (χ3n) is 3.46. The van der Waals surface area contributed by atoms with Crippen LogP contribution >= 0.6 is 0 Å². The lowest BCUT2D eigenvalue weighted by Gasteiger charge is -2.18. The highest BCUT2D eigenvalue weighted by atomic mass is 16.6. The third-order valence-corrected chi connectivity index (χ3v) is 3.46. The van der Waals surface area contributed by atoms with Gasteiger partial charge in [-0.3, -0.25) is 14.9 Å². The lowest BCUT2D eigenvalue weighted by atomic mass is 10.1. The molecule has 1 aromatic rings. The molecule has 1 fully saturated rings. The van der Waals surface area contributed by atoms with E-state index in [9.17, 15) is 14.9 Å². The Balaban J connectivity index is 2.14. The van der Waals surface area contributed by atoms with Gasteiger partial charge in [0, 0.05) is 30.4 Å². The van der Waals surface area contributed by atoms with Crippen molar-refractivity contribution in [2.45, 2.75) is 13.3 Å². The fourth-order valence-electron chi connectivity index (χ4n) is 2.40. The second kappa shape index (κ2) is 5.26. The monoisotopic (exact) mass is 264 g/mol. The van der Waals surface area contributed by atoms with Crippen LogP contribution in [0.2, 0.25) is 0 Å². The van der Waals surface area contributed by atoms with Crippen molar-refractivity contribution in [2.75, 3.05) is 25.1 Å². The van der Waals surface area contributed by atoms with Crippen LogP contribution in [0.25, 0.3) is 0 Å². The zero-order chi connectivity index (χ0) is 14.0. The lowest BCUT2D eigenvalue weighted by molar-refractivity contribution is -0.385. The van der Waals surface area contributed by atoms with Gasteiger partial charge < -0.3 is 9.64 Å². The predicted molar refractivity (Wildman–Crippen MR) is 70.2 cm³/mol. The molecular formula is C13H16N2O4. The van der Waals surface area contributed by atoms with E-state index in [2.05, 4.69) is 4.90 Å². The van der Waals surface area contributed by atoms with E-state index in [1.165, 1.54) is 13.2 Å². The molecule has 1 atom stereocenters. The molecule has 1 aliphatic heterocycles. The fraction of sp³-hybridized carbons (Fsp3) is 0.462. The van der Waals surface area contributed by atoms with Crippen LogP contribution in [0.15, 0.2) is 18.2 Å². The van der Waals surface area contributed by atoms with E-state index in [1.807, 2.05) is 0 Å². The van der Waals surface area contributed by atoms with E-state index in [-0.39, 0.29) is 22.5 Å². The first-order chi connectivity index (χ1) is 9.02. The highest BCUT2D eigenvalue weighted by Gasteiger charge is 2.29. The van der Waals surface area contributed by atoms with Gasteiger partial charge in [-0.25, -0.2) is 0 Å². The summed E-state index contributed by atoms with van der Waals surface area (Å²) < 4.78 is 4.74. The molecule has 1 saturated heterocycles. The van der Waals surface area contributed by atoms with Gasteiger partial charge in [0.1, 0.15) is 0 Å². The summed E-state index contributed by atoms with van der Waals surface area (Å²) in [7, 11) is 1.39. The van der Waals surface area contributed by atoms with Crippen molar-refractivity contribution < 1.29 is 14.5 Å². The molecule has 6 nitrogen and oxygen atoms in total. The van der Waals surface area contributed by atoms with Crippen molar-refractivity contribution in [3.8, 4) is 0 Å². The Labute approximate surface area is 111 Å². The number of esters is 1. The molecule has 0 bridgehead atoms. The van der Waals surface area contributed by atoms with Gasteiger partial charge >= 0.3 is 5.97 Å². The average molecular weight is 264 g/mol. The quantitative estimate of drug-likeness (QED) is 0.473. The highest BCUT2D eigenvalue weighted by molar-refractivity contribution is 5.74. The van der Waals surface area contributed by atoms with Crippen LogP contribution in [0, 0.1) is 23.0 Å². The van der Waals surface area contributed by atoms with E-state index in [0.717, 1.165) is 18.7 Å². The van der Waals surface area contributed by atoms with Crippen molar-refractivity contribution >= 4 is 17.3 Å². The van der Waals surface area contributed by atoms with Crippen LogP contribution in [-0.2, 0) is 9.53 Å². The number of benzene rings is 1. The van der Waals surface area contributed by atoms with Crippen molar-refractivity contribution in [3.05, 3.63) is 33.9 Å². The van der Waals surface area contributed by atoms with Gasteiger partial charge in [-0.15, -0.1) is 0 Å². The predicted octanol–water partition coefficient (Wildman–Crippen LogP) is 1.90. The Morgan fingerprint density at radius 3 is 2.84 bits per heavy atom. The highest BCUT2D eigenvalue weighted by Crippen LogP contribution is 2.28. The van der Waals surface area contributed by atoms with Crippen LogP contribution in [0.5, 0.6) is 0 Å². The van der Waals surface area contributed by atoms with Crippen LogP contribution in [-0.4, -0.2) is 31.1 Å². The molecule has 0 radical (unpaired) electrons. The Morgan fingerprint density at radius 1 is 1.53 bits per heavy atom. The summed E-state index contributed by atoms with van der Waals surface area (Å²) in [5.74, 6) is -0.304. The van der Waals surface area contributed by atoms with Crippen LogP contribution in [0.3, 0.4) is 0 Å². The summed E-state index contributed by atoms with van der Waals surface area (Å²) in [6, 6.07) is 5.03. The number of nitro benzene ring substituents is 1. The SMILES string of the molecule is COC(=O)C1CCN(c2ccc([N+](=O)[O-])c(C)c2)C1. The summed E-state index contributed by atoms with van der Waals surface area (Å²) in [5.41, 5.74) is 1.66. The van der Waals surface area contributed by atoms with Crippen molar-refractivity contribution in [1.82, 2.24) is 0 Å². The first kappa shape index (κ1) is 13.3. The maximum Gasteiger partial charge on any atom is 0.310 e. The number of carbonyl (C=O) groups excluding carboxylic acids is 1. The molecule has 1 aromatic carbocycles. The molecule has 0 aliphatic carbocycles. The minimum absolute atomic E-state index is 0.111. The Kier molecular flexibility index (Phi) is 3.69. The molecule has 0 spiro atoms. The number of carbonyl (C=O) groups is 1. The molecule has 0 saturated carbocycles. The largest absolute Gasteiger partial charge is 0.469 e. The number of methoxy groups -OCH3 is 1. The first-order valence-corrected chi connectivity index (χ1v) is 6.10. The van der Waals surface area contributed by atoms with E-state index in [0.29, 0.717) is 12.1 Å². The minimum atomic E-state index is -0.389. The van der Waals surface area contributed by atoms with Gasteiger partial charge in [0.05, 0.1) is 18.0 Å². The smallest absolute Gasteiger partial charge is 0.310 e. The van der Waals surface area contributed by atoms with Crippen molar-refractivity contribution in [3.63, 3.8) is 0 Å². The first-order valence-electron chi connectivity index (χ1n) is 6.10. The third kappa shape index (κ3) is 2.67. The average Bonchev–Trinajstić information content (AvgIpc) is 2.86. The number of anilines is 1. The number of ether oxygens (including phenoxy) is 1. The van der Waals surface area contributed by atoms with E-state index < -0.39 is 0 Å². The zero-order valence-corrected chi connectivity index (χ0v) is 11.0. The number of aryl methyl sites for hydroxylation is 1. The number of nitrogens with zero attached hydrogens (tertiary/aromatic N) is 2. The van der Waals surface area contributed by atoms with Gasteiger partial charge in [0.2, 0.25) is 0 Å². The van der Waals surface area contributed by atoms with Gasteiger partial charge in [-0.2, -0.15) is 0 Å². The molecule has 19 heavy (non-hydrogen) atoms. The fourth-order valence-corrected chi connectivity index (χ4v) is 2.40. The van der Waals surface area contributed by atoms with E-state index in [4.69, 9.17) is 4.74 Å². The molecule has 0 amide bonds. The second-order valence-electron chi connectivity index (χ2n) is 4.68. The summed E-state index contributed by atoms with van der Waals surface area (Å²) >= 11 is 0. The second-order valence-corrected chi connectivity index (χ2v) is 4.68. The molecule has 2 rings (SSSR count). The van der Waals surface area contributed by atoms with Crippen LogP contribution in [0.4, 0.5) is 11.4 Å². The van der Waals surface area contributed by atoms with Crippen molar-refractivity contribution in [2.24, 2.45) is 5.92 Å². The molecule has 102 valence electrons. The van der Waals surface area contributed by atoms with Crippen LogP contribution in [0.1, 0.15) is 12.0 Å². The summed E-state index contributed by atoms with van der Waals surface area (Å²) in [6.45, 7) is 3.08. The van der Waals surface area contributed by atoms with Gasteiger partial charge in [-0.1, -0.05) is 0 Å². The van der Waals surface area contributed by atoms with E-state index >= 15 is 0 Å². The molecular weight excluding hydrogens is 248 g/mol. The summed E-state index contributed by atoms with van der Waals surface area (Å²) in [5, 5.41) is 10.8.